The number of nitrogens with one attached hydrogen (secondary N) is 1. The molecule has 1 aliphatic carbocycles. The van der Waals surface area contributed by atoms with Gasteiger partial charge in [0.1, 0.15) is 6.33 Å². The number of ether oxygens (including phenoxy) is 2. The number of nitrogens with zero attached hydrogens (tertiary/aromatic N) is 3. The molecule has 0 amide bonds. The van der Waals surface area contributed by atoms with Crippen LogP contribution in [-0.4, -0.2) is 40.8 Å². The molecule has 0 atom stereocenters. The highest BCUT2D eigenvalue weighted by Crippen LogP contribution is 2.34. The summed E-state index contributed by atoms with van der Waals surface area (Å²) in [5, 5.41) is 14.1. The van der Waals surface area contributed by atoms with Gasteiger partial charge >= 0.3 is 5.69 Å². The molecule has 8 nitrogen and oxygen atoms in total. The van der Waals surface area contributed by atoms with Gasteiger partial charge in [0, 0.05) is 12.6 Å². The molecule has 1 heterocycles. The fourth-order valence-corrected chi connectivity index (χ4v) is 2.03. The maximum atomic E-state index is 11.0. The Morgan fingerprint density at radius 2 is 2.26 bits per heavy atom. The zero-order chi connectivity index (χ0) is 13.8. The quantitative estimate of drug-likeness (QED) is 0.614. The van der Waals surface area contributed by atoms with Crippen LogP contribution in [0.5, 0.6) is 5.88 Å². The van der Waals surface area contributed by atoms with Crippen LogP contribution >= 0.6 is 0 Å². The van der Waals surface area contributed by atoms with E-state index < -0.39 is 4.92 Å². The third-order valence-electron chi connectivity index (χ3n) is 3.00. The monoisotopic (exact) mass is 268 g/mol. The van der Waals surface area contributed by atoms with Gasteiger partial charge in [0.2, 0.25) is 5.82 Å². The van der Waals surface area contributed by atoms with Crippen molar-refractivity contribution in [2.45, 2.75) is 31.9 Å². The Hall–Kier alpha value is -1.96. The summed E-state index contributed by atoms with van der Waals surface area (Å²) < 4.78 is 10.3. The van der Waals surface area contributed by atoms with E-state index >= 15 is 0 Å². The minimum absolute atomic E-state index is 0.0387. The standard InChI is InChI=1S/C11H16N4O4/c1-3-19-8-4-7(5-8)14-10-9(15(16)17)11(18-2)13-6-12-10/h6-8H,3-5H2,1-2H3,(H,12,13,14). The average molecular weight is 268 g/mol. The fourth-order valence-electron chi connectivity index (χ4n) is 2.03. The van der Waals surface area contributed by atoms with E-state index in [-0.39, 0.29) is 29.5 Å². The van der Waals surface area contributed by atoms with Crippen LogP contribution in [0.15, 0.2) is 6.33 Å². The van der Waals surface area contributed by atoms with Crippen LogP contribution in [0.2, 0.25) is 0 Å². The normalized spacial score (nSPS) is 21.6. The molecule has 1 N–H and O–H groups in total. The van der Waals surface area contributed by atoms with Crippen LogP contribution in [0.3, 0.4) is 0 Å². The minimum Gasteiger partial charge on any atom is -0.476 e. The molecule has 1 aromatic heterocycles. The molecule has 104 valence electrons. The van der Waals surface area contributed by atoms with Gasteiger partial charge in [-0.3, -0.25) is 10.1 Å². The lowest BCUT2D eigenvalue weighted by atomic mass is 9.89. The summed E-state index contributed by atoms with van der Waals surface area (Å²) in [7, 11) is 1.34. The number of anilines is 1. The molecule has 2 rings (SSSR count). The largest absolute Gasteiger partial charge is 0.476 e. The molecule has 19 heavy (non-hydrogen) atoms. The number of hydrogen-bond donors (Lipinski definition) is 1. The summed E-state index contributed by atoms with van der Waals surface area (Å²) in [6.45, 7) is 2.62. The Morgan fingerprint density at radius 3 is 2.84 bits per heavy atom. The first kappa shape index (κ1) is 13.5. The summed E-state index contributed by atoms with van der Waals surface area (Å²) in [6.07, 6.45) is 3.10. The Kier molecular flexibility index (Phi) is 4.10. The van der Waals surface area contributed by atoms with Crippen LogP contribution in [-0.2, 0) is 4.74 Å². The van der Waals surface area contributed by atoms with Gasteiger partial charge in [-0.15, -0.1) is 0 Å². The number of nitro groups is 1. The molecule has 0 spiro atoms. The lowest BCUT2D eigenvalue weighted by Gasteiger charge is -2.35. The molecule has 0 bridgehead atoms. The van der Waals surface area contributed by atoms with E-state index in [2.05, 4.69) is 15.3 Å². The summed E-state index contributed by atoms with van der Waals surface area (Å²) >= 11 is 0. The van der Waals surface area contributed by atoms with Gasteiger partial charge in [0.05, 0.1) is 18.1 Å². The molecule has 8 heteroatoms. The zero-order valence-electron chi connectivity index (χ0n) is 10.8. The molecule has 1 saturated carbocycles. The Balaban J connectivity index is 2.07. The third kappa shape index (κ3) is 2.90. The molecule has 1 aromatic rings. The third-order valence-corrected chi connectivity index (χ3v) is 3.00. The van der Waals surface area contributed by atoms with E-state index in [1.165, 1.54) is 13.4 Å². The van der Waals surface area contributed by atoms with Gasteiger partial charge in [-0.1, -0.05) is 0 Å². The second-order valence-corrected chi connectivity index (χ2v) is 4.23. The predicted molar refractivity (Wildman–Crippen MR) is 67.3 cm³/mol. The average Bonchev–Trinajstić information content (AvgIpc) is 2.35. The van der Waals surface area contributed by atoms with Crippen LogP contribution < -0.4 is 10.1 Å². The van der Waals surface area contributed by atoms with Gasteiger partial charge in [0.15, 0.2) is 0 Å². The van der Waals surface area contributed by atoms with Crippen molar-refractivity contribution in [2.24, 2.45) is 0 Å². The second kappa shape index (κ2) is 5.79. The molecule has 0 aromatic carbocycles. The number of aromatic nitrogens is 2. The van der Waals surface area contributed by atoms with E-state index in [0.717, 1.165) is 12.8 Å². The Bertz CT molecular complexity index is 462. The lowest BCUT2D eigenvalue weighted by molar-refractivity contribution is -0.385. The van der Waals surface area contributed by atoms with E-state index in [1.807, 2.05) is 6.92 Å². The summed E-state index contributed by atoms with van der Waals surface area (Å²) in [5.41, 5.74) is -0.232. The summed E-state index contributed by atoms with van der Waals surface area (Å²) in [5.74, 6) is 0.153. The summed E-state index contributed by atoms with van der Waals surface area (Å²) in [4.78, 5) is 18.1. The Morgan fingerprint density at radius 1 is 1.53 bits per heavy atom. The smallest absolute Gasteiger partial charge is 0.372 e. The van der Waals surface area contributed by atoms with Crippen LogP contribution in [0.1, 0.15) is 19.8 Å². The minimum atomic E-state index is -0.542. The van der Waals surface area contributed by atoms with Gasteiger partial charge in [-0.25, -0.2) is 4.98 Å². The van der Waals surface area contributed by atoms with E-state index in [0.29, 0.717) is 6.61 Å². The highest BCUT2D eigenvalue weighted by atomic mass is 16.6. The first-order valence-electron chi connectivity index (χ1n) is 6.07. The van der Waals surface area contributed by atoms with Crippen LogP contribution in [0.4, 0.5) is 11.5 Å². The highest BCUT2D eigenvalue weighted by Gasteiger charge is 2.33. The molecular formula is C11H16N4O4. The van der Waals surface area contributed by atoms with Crippen molar-refractivity contribution in [2.75, 3.05) is 19.0 Å². The van der Waals surface area contributed by atoms with Crippen molar-refractivity contribution in [3.05, 3.63) is 16.4 Å². The van der Waals surface area contributed by atoms with Gasteiger partial charge in [-0.2, -0.15) is 4.98 Å². The number of hydrogen-bond acceptors (Lipinski definition) is 7. The van der Waals surface area contributed by atoms with Gasteiger partial charge < -0.3 is 14.8 Å². The van der Waals surface area contributed by atoms with Crippen molar-refractivity contribution in [3.63, 3.8) is 0 Å². The fraction of sp³-hybridized carbons (Fsp3) is 0.636. The SMILES string of the molecule is CCOC1CC(Nc2ncnc(OC)c2[N+](=O)[O-])C1. The molecule has 0 saturated heterocycles. The topological polar surface area (TPSA) is 99.4 Å². The molecule has 0 aliphatic heterocycles. The maximum Gasteiger partial charge on any atom is 0.372 e. The Labute approximate surface area is 110 Å². The van der Waals surface area contributed by atoms with E-state index in [9.17, 15) is 10.1 Å². The van der Waals surface area contributed by atoms with E-state index in [1.54, 1.807) is 0 Å². The first-order chi connectivity index (χ1) is 9.15. The molecule has 0 radical (unpaired) electrons. The zero-order valence-corrected chi connectivity index (χ0v) is 10.8. The van der Waals surface area contributed by atoms with Crippen molar-refractivity contribution >= 4 is 11.5 Å². The van der Waals surface area contributed by atoms with Gasteiger partial charge in [-0.05, 0) is 19.8 Å². The number of methoxy groups -OCH3 is 1. The van der Waals surface area contributed by atoms with E-state index in [4.69, 9.17) is 9.47 Å². The lowest BCUT2D eigenvalue weighted by Crippen LogP contribution is -2.41. The number of rotatable bonds is 6. The van der Waals surface area contributed by atoms with Crippen molar-refractivity contribution in [3.8, 4) is 5.88 Å². The van der Waals surface area contributed by atoms with Crippen LogP contribution in [0, 0.1) is 10.1 Å². The molecule has 1 aliphatic rings. The summed E-state index contributed by atoms with van der Waals surface area (Å²) in [6, 6.07) is 0.134. The van der Waals surface area contributed by atoms with Gasteiger partial charge in [0.25, 0.3) is 5.88 Å². The van der Waals surface area contributed by atoms with Crippen LogP contribution in [0.25, 0.3) is 0 Å². The predicted octanol–water partition coefficient (Wildman–Crippen LogP) is 1.37. The second-order valence-electron chi connectivity index (χ2n) is 4.23. The van der Waals surface area contributed by atoms with Crippen molar-refractivity contribution in [1.82, 2.24) is 9.97 Å². The molecule has 1 fully saturated rings. The maximum absolute atomic E-state index is 11.0. The molecular weight excluding hydrogens is 252 g/mol. The molecule has 0 unspecified atom stereocenters. The van der Waals surface area contributed by atoms with Crippen molar-refractivity contribution in [1.29, 1.82) is 0 Å². The van der Waals surface area contributed by atoms with Crippen molar-refractivity contribution < 1.29 is 14.4 Å². The highest BCUT2D eigenvalue weighted by molar-refractivity contribution is 5.61. The first-order valence-corrected chi connectivity index (χ1v) is 6.07.